The van der Waals surface area contributed by atoms with Crippen LogP contribution in [0.5, 0.6) is 0 Å². The molecule has 4 rings (SSSR count). The van der Waals surface area contributed by atoms with Crippen molar-refractivity contribution in [2.45, 2.75) is 40.5 Å². The van der Waals surface area contributed by atoms with Crippen molar-refractivity contribution in [2.24, 2.45) is 0 Å². The lowest BCUT2D eigenvalue weighted by atomic mass is 9.88. The third-order valence-electron chi connectivity index (χ3n) is 5.24. The summed E-state index contributed by atoms with van der Waals surface area (Å²) in [5.74, 6) is 0.488. The molecule has 0 saturated heterocycles. The van der Waals surface area contributed by atoms with Gasteiger partial charge in [0.25, 0.3) is 0 Å². The number of aryl methyl sites for hydroxylation is 3. The molecule has 4 aromatic rings. The van der Waals surface area contributed by atoms with Gasteiger partial charge >= 0.3 is 0 Å². The molecule has 130 valence electrons. The molecule has 1 heterocycles. The first-order chi connectivity index (χ1) is 12.5. The molecule has 0 aliphatic heterocycles. The topological polar surface area (TPSA) is 12.9 Å². The van der Waals surface area contributed by atoms with Crippen LogP contribution >= 0.6 is 0 Å². The zero-order chi connectivity index (χ0) is 18.4. The zero-order valence-corrected chi connectivity index (χ0v) is 16.2. The van der Waals surface area contributed by atoms with Crippen molar-refractivity contribution in [3.63, 3.8) is 0 Å². The predicted octanol–water partition coefficient (Wildman–Crippen LogP) is 7.10. The van der Waals surface area contributed by atoms with Crippen LogP contribution in [-0.4, -0.2) is 4.98 Å². The number of pyridine rings is 1. The monoisotopic (exact) mass is 339 g/mol. The van der Waals surface area contributed by atoms with Crippen LogP contribution in [0, 0.1) is 20.8 Å². The molecule has 0 aliphatic rings. The van der Waals surface area contributed by atoms with Crippen LogP contribution in [0.1, 0.15) is 42.0 Å². The first-order valence-corrected chi connectivity index (χ1v) is 9.35. The van der Waals surface area contributed by atoms with Crippen LogP contribution in [0.3, 0.4) is 0 Å². The Hall–Kier alpha value is -2.67. The smallest absolute Gasteiger partial charge is 0.0786 e. The normalized spacial score (nSPS) is 11.6. The summed E-state index contributed by atoms with van der Waals surface area (Å²) in [5, 5.41) is 5.23. The number of fused-ring (bicyclic) bond motifs is 3. The highest BCUT2D eigenvalue weighted by Crippen LogP contribution is 2.38. The van der Waals surface area contributed by atoms with E-state index < -0.39 is 0 Å². The average molecular weight is 339 g/mol. The lowest BCUT2D eigenvalue weighted by Crippen LogP contribution is -1.96. The number of aromatic nitrogens is 1. The summed E-state index contributed by atoms with van der Waals surface area (Å²) in [6.45, 7) is 11.0. The van der Waals surface area contributed by atoms with Gasteiger partial charge in [0.2, 0.25) is 0 Å². The molecule has 0 N–H and O–H groups in total. The van der Waals surface area contributed by atoms with E-state index in [2.05, 4.69) is 83.1 Å². The molecule has 0 aliphatic carbocycles. The Morgan fingerprint density at radius 1 is 0.769 bits per heavy atom. The second-order valence-corrected chi connectivity index (χ2v) is 7.75. The highest BCUT2D eigenvalue weighted by atomic mass is 14.7. The van der Waals surface area contributed by atoms with Crippen LogP contribution < -0.4 is 0 Å². The van der Waals surface area contributed by atoms with Crippen LogP contribution in [0.15, 0.2) is 54.7 Å². The van der Waals surface area contributed by atoms with Gasteiger partial charge in [-0.2, -0.15) is 0 Å². The summed E-state index contributed by atoms with van der Waals surface area (Å²) in [5.41, 5.74) is 7.49. The van der Waals surface area contributed by atoms with Gasteiger partial charge in [-0.3, -0.25) is 4.98 Å². The molecule has 0 bridgehead atoms. The Kier molecular flexibility index (Phi) is 4.03. The predicted molar refractivity (Wildman–Crippen MR) is 113 cm³/mol. The van der Waals surface area contributed by atoms with Crippen LogP contribution in [0.4, 0.5) is 0 Å². The van der Waals surface area contributed by atoms with Gasteiger partial charge in [-0.05, 0) is 72.2 Å². The summed E-state index contributed by atoms with van der Waals surface area (Å²) in [6, 6.07) is 17.9. The van der Waals surface area contributed by atoms with Crippen molar-refractivity contribution >= 4 is 21.5 Å². The fourth-order valence-corrected chi connectivity index (χ4v) is 4.07. The van der Waals surface area contributed by atoms with Gasteiger partial charge in [-0.15, -0.1) is 0 Å². The maximum atomic E-state index is 4.88. The van der Waals surface area contributed by atoms with E-state index >= 15 is 0 Å². The molecule has 3 aromatic carbocycles. The molecule has 0 saturated carbocycles. The van der Waals surface area contributed by atoms with Crippen molar-refractivity contribution in [1.82, 2.24) is 4.98 Å². The maximum Gasteiger partial charge on any atom is 0.0786 e. The molecule has 0 amide bonds. The van der Waals surface area contributed by atoms with E-state index in [9.17, 15) is 0 Å². The first-order valence-electron chi connectivity index (χ1n) is 9.35. The maximum absolute atomic E-state index is 4.88. The minimum absolute atomic E-state index is 0.488. The van der Waals surface area contributed by atoms with Gasteiger partial charge in [0.05, 0.1) is 5.69 Å². The fraction of sp³-hybridized carbons (Fsp3) is 0.240. The molecular formula is C25H25N. The van der Waals surface area contributed by atoms with E-state index in [1.807, 2.05) is 6.20 Å². The van der Waals surface area contributed by atoms with Crippen molar-refractivity contribution < 1.29 is 0 Å². The third kappa shape index (κ3) is 2.68. The standard InChI is InChI=1S/C25H25N/c1-15(2)22-13-23-18(5)14-26-25(19-11-16(3)10-17(4)12-19)24(23)21-9-7-6-8-20(21)22/h6-15H,1-5H3. The molecule has 0 fully saturated rings. The second-order valence-electron chi connectivity index (χ2n) is 7.75. The minimum atomic E-state index is 0.488. The van der Waals surface area contributed by atoms with E-state index in [-0.39, 0.29) is 0 Å². The van der Waals surface area contributed by atoms with Gasteiger partial charge in [0.15, 0.2) is 0 Å². The molecule has 0 atom stereocenters. The van der Waals surface area contributed by atoms with Crippen LogP contribution in [0.2, 0.25) is 0 Å². The fourth-order valence-electron chi connectivity index (χ4n) is 4.07. The Morgan fingerprint density at radius 3 is 2.08 bits per heavy atom. The highest BCUT2D eigenvalue weighted by molar-refractivity contribution is 6.15. The van der Waals surface area contributed by atoms with Crippen molar-refractivity contribution in [3.05, 3.63) is 77.0 Å². The number of hydrogen-bond donors (Lipinski definition) is 0. The zero-order valence-electron chi connectivity index (χ0n) is 16.2. The molecular weight excluding hydrogens is 314 g/mol. The molecule has 1 heteroatoms. The molecule has 1 aromatic heterocycles. The number of rotatable bonds is 2. The van der Waals surface area contributed by atoms with E-state index in [0.29, 0.717) is 5.92 Å². The summed E-state index contributed by atoms with van der Waals surface area (Å²) in [4.78, 5) is 4.88. The van der Waals surface area contributed by atoms with Crippen LogP contribution in [-0.2, 0) is 0 Å². The van der Waals surface area contributed by atoms with Gasteiger partial charge in [0, 0.05) is 17.1 Å². The Balaban J connectivity index is 2.20. The molecule has 0 spiro atoms. The Bertz CT molecular complexity index is 1120. The van der Waals surface area contributed by atoms with E-state index in [4.69, 9.17) is 4.98 Å². The highest BCUT2D eigenvalue weighted by Gasteiger charge is 2.15. The summed E-state index contributed by atoms with van der Waals surface area (Å²) in [7, 11) is 0. The van der Waals surface area contributed by atoms with Crippen molar-refractivity contribution in [1.29, 1.82) is 0 Å². The number of hydrogen-bond acceptors (Lipinski definition) is 1. The second kappa shape index (κ2) is 6.25. The summed E-state index contributed by atoms with van der Waals surface area (Å²) in [6.07, 6.45) is 2.02. The van der Waals surface area contributed by atoms with Gasteiger partial charge in [-0.1, -0.05) is 55.3 Å². The lowest BCUT2D eigenvalue weighted by molar-refractivity contribution is 0.878. The van der Waals surface area contributed by atoms with Gasteiger partial charge in [-0.25, -0.2) is 0 Å². The van der Waals surface area contributed by atoms with Gasteiger partial charge < -0.3 is 0 Å². The number of benzene rings is 3. The largest absolute Gasteiger partial charge is 0.255 e. The molecule has 1 nitrogen and oxygen atoms in total. The molecule has 26 heavy (non-hydrogen) atoms. The average Bonchev–Trinajstić information content (AvgIpc) is 2.60. The van der Waals surface area contributed by atoms with Crippen molar-refractivity contribution in [3.8, 4) is 11.3 Å². The summed E-state index contributed by atoms with van der Waals surface area (Å²) >= 11 is 0. The van der Waals surface area contributed by atoms with E-state index in [1.54, 1.807) is 0 Å². The SMILES string of the molecule is Cc1cc(C)cc(-c2ncc(C)c3cc(C(C)C)c4ccccc4c23)c1. The third-order valence-corrected chi connectivity index (χ3v) is 5.24. The van der Waals surface area contributed by atoms with E-state index in [1.165, 1.54) is 49.4 Å². The number of nitrogens with zero attached hydrogens (tertiary/aromatic N) is 1. The Morgan fingerprint density at radius 2 is 1.42 bits per heavy atom. The molecule has 0 unspecified atom stereocenters. The Labute approximate surface area is 155 Å². The van der Waals surface area contributed by atoms with E-state index in [0.717, 1.165) is 5.69 Å². The quantitative estimate of drug-likeness (QED) is 0.355. The first kappa shape index (κ1) is 16.8. The van der Waals surface area contributed by atoms with Crippen molar-refractivity contribution in [2.75, 3.05) is 0 Å². The summed E-state index contributed by atoms with van der Waals surface area (Å²) < 4.78 is 0. The lowest BCUT2D eigenvalue weighted by Gasteiger charge is -2.17. The molecule has 0 radical (unpaired) electrons. The van der Waals surface area contributed by atoms with Crippen LogP contribution in [0.25, 0.3) is 32.8 Å². The minimum Gasteiger partial charge on any atom is -0.255 e. The van der Waals surface area contributed by atoms with Gasteiger partial charge in [0.1, 0.15) is 0 Å².